The number of halogens is 1. The summed E-state index contributed by atoms with van der Waals surface area (Å²) >= 11 is 0. The van der Waals surface area contributed by atoms with Crippen molar-refractivity contribution in [3.63, 3.8) is 0 Å². The fourth-order valence-electron chi connectivity index (χ4n) is 2.09. The zero-order chi connectivity index (χ0) is 17.7. The number of aromatic nitrogens is 4. The molecule has 0 fully saturated rings. The highest BCUT2D eigenvalue weighted by Crippen LogP contribution is 2.12. The van der Waals surface area contributed by atoms with Gasteiger partial charge < -0.3 is 5.32 Å². The van der Waals surface area contributed by atoms with Crippen LogP contribution in [-0.2, 0) is 10.0 Å². The third-order valence-electron chi connectivity index (χ3n) is 3.24. The molecule has 8 nitrogen and oxygen atoms in total. The molecule has 0 bridgehead atoms. The van der Waals surface area contributed by atoms with Crippen LogP contribution in [0.25, 0.3) is 5.82 Å². The molecule has 3 rings (SSSR count). The molecule has 25 heavy (non-hydrogen) atoms. The Morgan fingerprint density at radius 2 is 1.96 bits per heavy atom. The van der Waals surface area contributed by atoms with Gasteiger partial charge in [-0.3, -0.25) is 0 Å². The number of nitrogens with one attached hydrogen (secondary N) is 2. The van der Waals surface area contributed by atoms with Crippen LogP contribution < -0.4 is 10.0 Å². The first-order chi connectivity index (χ1) is 12.1. The van der Waals surface area contributed by atoms with Crippen molar-refractivity contribution in [3.05, 3.63) is 60.9 Å². The fraction of sp³-hybridized carbons (Fsp3) is 0.133. The molecular formula is C15H15FN6O2S. The Kier molecular flexibility index (Phi) is 5.00. The Morgan fingerprint density at radius 3 is 2.72 bits per heavy atom. The van der Waals surface area contributed by atoms with Gasteiger partial charge in [-0.05, 0) is 18.2 Å². The fourth-order valence-corrected chi connectivity index (χ4v) is 3.20. The highest BCUT2D eigenvalue weighted by Gasteiger charge is 2.17. The van der Waals surface area contributed by atoms with E-state index in [4.69, 9.17) is 0 Å². The van der Waals surface area contributed by atoms with Crippen LogP contribution in [0.3, 0.4) is 0 Å². The van der Waals surface area contributed by atoms with E-state index in [1.165, 1.54) is 24.5 Å². The van der Waals surface area contributed by atoms with Gasteiger partial charge in [0.15, 0.2) is 5.82 Å². The van der Waals surface area contributed by atoms with Crippen molar-refractivity contribution >= 4 is 15.8 Å². The van der Waals surface area contributed by atoms with Crippen molar-refractivity contribution in [2.75, 3.05) is 18.4 Å². The third kappa shape index (κ3) is 4.17. The summed E-state index contributed by atoms with van der Waals surface area (Å²) in [5, 5.41) is 7.04. The number of rotatable bonds is 7. The molecular weight excluding hydrogens is 347 g/mol. The lowest BCUT2D eigenvalue weighted by atomic mass is 10.4. The standard InChI is InChI=1S/C15H15FN6O2S/c16-12-4-1-2-5-13(12)25(23,24)21-8-7-17-14-10-15(19-11-18-14)22-9-3-6-20-22/h1-6,9-11,21H,7-8H2,(H,17,18,19). The Hall–Kier alpha value is -2.85. The van der Waals surface area contributed by atoms with Crippen LogP contribution in [0.4, 0.5) is 10.2 Å². The molecule has 0 aliphatic rings. The lowest BCUT2D eigenvalue weighted by molar-refractivity contribution is 0.558. The summed E-state index contributed by atoms with van der Waals surface area (Å²) in [7, 11) is -3.90. The molecule has 0 aliphatic heterocycles. The smallest absolute Gasteiger partial charge is 0.243 e. The molecule has 10 heteroatoms. The maximum atomic E-state index is 13.6. The first kappa shape index (κ1) is 17.0. The first-order valence-corrected chi connectivity index (χ1v) is 8.85. The molecule has 0 aliphatic carbocycles. The summed E-state index contributed by atoms with van der Waals surface area (Å²) in [6.07, 6.45) is 4.75. The number of benzene rings is 1. The van der Waals surface area contributed by atoms with Gasteiger partial charge in [0.2, 0.25) is 10.0 Å². The highest BCUT2D eigenvalue weighted by molar-refractivity contribution is 7.89. The van der Waals surface area contributed by atoms with Gasteiger partial charge in [-0.1, -0.05) is 12.1 Å². The predicted octanol–water partition coefficient (Wildman–Crippen LogP) is 1.19. The summed E-state index contributed by atoms with van der Waals surface area (Å²) in [5.41, 5.74) is 0. The molecule has 1 aromatic carbocycles. The third-order valence-corrected chi connectivity index (χ3v) is 4.74. The number of anilines is 1. The normalized spacial score (nSPS) is 11.4. The highest BCUT2D eigenvalue weighted by atomic mass is 32.2. The molecule has 0 saturated carbocycles. The van der Waals surface area contributed by atoms with Gasteiger partial charge in [-0.15, -0.1) is 0 Å². The summed E-state index contributed by atoms with van der Waals surface area (Å²) in [6.45, 7) is 0.334. The molecule has 0 unspecified atom stereocenters. The molecule has 2 heterocycles. The lowest BCUT2D eigenvalue weighted by Gasteiger charge is -2.09. The van der Waals surface area contributed by atoms with Crippen molar-refractivity contribution in [3.8, 4) is 5.82 Å². The maximum absolute atomic E-state index is 13.6. The van der Waals surface area contributed by atoms with Gasteiger partial charge in [0, 0.05) is 31.5 Å². The van der Waals surface area contributed by atoms with E-state index >= 15 is 0 Å². The summed E-state index contributed by atoms with van der Waals surface area (Å²) in [6, 6.07) is 8.66. The van der Waals surface area contributed by atoms with Gasteiger partial charge in [-0.25, -0.2) is 32.2 Å². The lowest BCUT2D eigenvalue weighted by Crippen LogP contribution is -2.29. The van der Waals surface area contributed by atoms with Crippen LogP contribution in [-0.4, -0.2) is 41.3 Å². The Bertz CT molecular complexity index is 946. The van der Waals surface area contributed by atoms with E-state index in [0.29, 0.717) is 11.6 Å². The van der Waals surface area contributed by atoms with E-state index in [2.05, 4.69) is 25.1 Å². The van der Waals surface area contributed by atoms with E-state index < -0.39 is 15.8 Å². The maximum Gasteiger partial charge on any atom is 0.243 e. The average Bonchev–Trinajstić information content (AvgIpc) is 3.14. The Balaban J connectivity index is 1.57. The Labute approximate surface area is 143 Å². The second kappa shape index (κ2) is 7.36. The van der Waals surface area contributed by atoms with Crippen LogP contribution >= 0.6 is 0 Å². The molecule has 0 saturated heterocycles. The van der Waals surface area contributed by atoms with Crippen molar-refractivity contribution in [2.45, 2.75) is 4.90 Å². The van der Waals surface area contributed by atoms with Crippen LogP contribution in [0, 0.1) is 5.82 Å². The van der Waals surface area contributed by atoms with E-state index in [1.54, 1.807) is 29.2 Å². The van der Waals surface area contributed by atoms with E-state index in [-0.39, 0.29) is 18.0 Å². The van der Waals surface area contributed by atoms with Crippen LogP contribution in [0.15, 0.2) is 60.0 Å². The number of hydrogen-bond acceptors (Lipinski definition) is 6. The molecule has 130 valence electrons. The van der Waals surface area contributed by atoms with Gasteiger partial charge in [-0.2, -0.15) is 5.10 Å². The predicted molar refractivity (Wildman–Crippen MR) is 89.2 cm³/mol. The Morgan fingerprint density at radius 1 is 1.12 bits per heavy atom. The zero-order valence-corrected chi connectivity index (χ0v) is 13.8. The van der Waals surface area contributed by atoms with E-state index in [1.807, 2.05) is 0 Å². The molecule has 2 N–H and O–H groups in total. The summed E-state index contributed by atoms with van der Waals surface area (Å²) < 4.78 is 41.6. The van der Waals surface area contributed by atoms with Crippen molar-refractivity contribution in [1.29, 1.82) is 0 Å². The quantitative estimate of drug-likeness (QED) is 0.612. The van der Waals surface area contributed by atoms with Gasteiger partial charge in [0.1, 0.15) is 22.9 Å². The molecule has 2 aromatic heterocycles. The molecule has 0 amide bonds. The minimum atomic E-state index is -3.90. The van der Waals surface area contributed by atoms with Gasteiger partial charge in [0.05, 0.1) is 0 Å². The summed E-state index contributed by atoms with van der Waals surface area (Å²) in [4.78, 5) is 7.77. The van der Waals surface area contributed by atoms with Crippen LogP contribution in [0.5, 0.6) is 0 Å². The van der Waals surface area contributed by atoms with E-state index in [9.17, 15) is 12.8 Å². The van der Waals surface area contributed by atoms with E-state index in [0.717, 1.165) is 6.07 Å². The number of hydrogen-bond donors (Lipinski definition) is 2. The van der Waals surface area contributed by atoms with Gasteiger partial charge >= 0.3 is 0 Å². The number of nitrogens with zero attached hydrogens (tertiary/aromatic N) is 4. The molecule has 0 radical (unpaired) electrons. The molecule has 0 atom stereocenters. The van der Waals surface area contributed by atoms with Crippen molar-refractivity contribution < 1.29 is 12.8 Å². The van der Waals surface area contributed by atoms with Crippen LogP contribution in [0.1, 0.15) is 0 Å². The number of sulfonamides is 1. The van der Waals surface area contributed by atoms with Crippen molar-refractivity contribution in [2.24, 2.45) is 0 Å². The zero-order valence-electron chi connectivity index (χ0n) is 13.0. The van der Waals surface area contributed by atoms with Crippen LogP contribution in [0.2, 0.25) is 0 Å². The molecule has 3 aromatic rings. The minimum absolute atomic E-state index is 0.0672. The second-order valence-corrected chi connectivity index (χ2v) is 6.70. The van der Waals surface area contributed by atoms with Crippen molar-refractivity contribution in [1.82, 2.24) is 24.5 Å². The largest absolute Gasteiger partial charge is 0.369 e. The van der Waals surface area contributed by atoms with Gasteiger partial charge in [0.25, 0.3) is 0 Å². The first-order valence-electron chi connectivity index (χ1n) is 7.36. The second-order valence-electron chi connectivity index (χ2n) is 4.97. The SMILES string of the molecule is O=S(=O)(NCCNc1cc(-n2cccn2)ncn1)c1ccccc1F. The average molecular weight is 362 g/mol. The topological polar surface area (TPSA) is 102 Å². The minimum Gasteiger partial charge on any atom is -0.369 e. The molecule has 0 spiro atoms. The summed E-state index contributed by atoms with van der Waals surface area (Å²) in [5.74, 6) is 0.308. The monoisotopic (exact) mass is 362 g/mol.